The standard InChI is InChI=1S/C10H10BrN3/c11-9-4-10-12-5-8(6-14(10)13-9)7-2-1-3-7/h4-7H,1-3H2. The Labute approximate surface area is 90.3 Å². The summed E-state index contributed by atoms with van der Waals surface area (Å²) >= 11 is 3.35. The first-order valence-corrected chi connectivity index (χ1v) is 5.63. The highest BCUT2D eigenvalue weighted by Gasteiger charge is 2.20. The molecule has 0 N–H and O–H groups in total. The van der Waals surface area contributed by atoms with E-state index in [4.69, 9.17) is 0 Å². The fourth-order valence-electron chi connectivity index (χ4n) is 1.81. The van der Waals surface area contributed by atoms with E-state index in [1.165, 1.54) is 24.8 Å². The lowest BCUT2D eigenvalue weighted by Gasteiger charge is -2.25. The molecule has 1 aliphatic carbocycles. The molecule has 1 saturated carbocycles. The van der Waals surface area contributed by atoms with Gasteiger partial charge in [-0.3, -0.25) is 0 Å². The van der Waals surface area contributed by atoms with Gasteiger partial charge < -0.3 is 0 Å². The Balaban J connectivity index is 2.09. The molecule has 14 heavy (non-hydrogen) atoms. The number of nitrogens with zero attached hydrogens (tertiary/aromatic N) is 3. The lowest BCUT2D eigenvalue weighted by atomic mass is 9.81. The molecule has 2 aromatic heterocycles. The van der Waals surface area contributed by atoms with Crippen molar-refractivity contribution in [2.24, 2.45) is 0 Å². The van der Waals surface area contributed by atoms with E-state index in [0.717, 1.165) is 16.2 Å². The van der Waals surface area contributed by atoms with E-state index < -0.39 is 0 Å². The third-order valence-electron chi connectivity index (χ3n) is 2.88. The van der Waals surface area contributed by atoms with E-state index in [-0.39, 0.29) is 0 Å². The number of fused-ring (bicyclic) bond motifs is 1. The van der Waals surface area contributed by atoms with E-state index in [0.29, 0.717) is 0 Å². The van der Waals surface area contributed by atoms with Crippen molar-refractivity contribution >= 4 is 21.6 Å². The van der Waals surface area contributed by atoms with Crippen LogP contribution in [0.4, 0.5) is 0 Å². The molecular weight excluding hydrogens is 242 g/mol. The van der Waals surface area contributed by atoms with Crippen LogP contribution >= 0.6 is 15.9 Å². The van der Waals surface area contributed by atoms with E-state index in [1.807, 2.05) is 16.8 Å². The Morgan fingerprint density at radius 1 is 1.43 bits per heavy atom. The molecule has 0 saturated heterocycles. The first-order chi connectivity index (χ1) is 6.83. The zero-order valence-electron chi connectivity index (χ0n) is 7.65. The highest BCUT2D eigenvalue weighted by atomic mass is 79.9. The van der Waals surface area contributed by atoms with Gasteiger partial charge in [0.2, 0.25) is 0 Å². The monoisotopic (exact) mass is 251 g/mol. The predicted octanol–water partition coefficient (Wildman–Crippen LogP) is 2.76. The summed E-state index contributed by atoms with van der Waals surface area (Å²) in [5.41, 5.74) is 2.22. The average Bonchev–Trinajstić information content (AvgIpc) is 2.40. The first kappa shape index (κ1) is 8.41. The van der Waals surface area contributed by atoms with Gasteiger partial charge in [-0.05, 0) is 40.3 Å². The van der Waals surface area contributed by atoms with Gasteiger partial charge in [-0.1, -0.05) is 6.42 Å². The molecule has 0 spiro atoms. The molecule has 1 fully saturated rings. The minimum Gasteiger partial charge on any atom is -0.237 e. The molecular formula is C10H10BrN3. The zero-order chi connectivity index (χ0) is 9.54. The molecule has 3 nitrogen and oxygen atoms in total. The van der Waals surface area contributed by atoms with Crippen LogP contribution < -0.4 is 0 Å². The summed E-state index contributed by atoms with van der Waals surface area (Å²) in [4.78, 5) is 4.38. The van der Waals surface area contributed by atoms with E-state index in [9.17, 15) is 0 Å². The highest BCUT2D eigenvalue weighted by Crippen LogP contribution is 2.35. The van der Waals surface area contributed by atoms with Crippen molar-refractivity contribution in [3.05, 3.63) is 28.6 Å². The molecule has 0 aromatic carbocycles. The lowest BCUT2D eigenvalue weighted by Crippen LogP contribution is -2.10. The molecule has 0 radical (unpaired) electrons. The van der Waals surface area contributed by atoms with Gasteiger partial charge in [0, 0.05) is 18.5 Å². The van der Waals surface area contributed by atoms with E-state index >= 15 is 0 Å². The number of aromatic nitrogens is 3. The molecule has 0 bridgehead atoms. The van der Waals surface area contributed by atoms with Gasteiger partial charge >= 0.3 is 0 Å². The molecule has 0 unspecified atom stereocenters. The Hall–Kier alpha value is -0.900. The number of hydrogen-bond acceptors (Lipinski definition) is 2. The van der Waals surface area contributed by atoms with Crippen LogP contribution in [-0.4, -0.2) is 14.6 Å². The van der Waals surface area contributed by atoms with Crippen LogP contribution in [0.3, 0.4) is 0 Å². The van der Waals surface area contributed by atoms with Gasteiger partial charge in [0.15, 0.2) is 5.65 Å². The Bertz CT molecular complexity index is 473. The summed E-state index contributed by atoms with van der Waals surface area (Å²) in [6, 6.07) is 1.92. The topological polar surface area (TPSA) is 30.2 Å². The minimum atomic E-state index is 0.717. The number of halogens is 1. The molecule has 0 atom stereocenters. The highest BCUT2D eigenvalue weighted by molar-refractivity contribution is 9.10. The zero-order valence-corrected chi connectivity index (χ0v) is 9.24. The van der Waals surface area contributed by atoms with Crippen LogP contribution in [0.15, 0.2) is 23.1 Å². The minimum absolute atomic E-state index is 0.717. The molecule has 1 aliphatic rings. The molecule has 0 amide bonds. The van der Waals surface area contributed by atoms with Crippen LogP contribution in [0.25, 0.3) is 5.65 Å². The van der Waals surface area contributed by atoms with Gasteiger partial charge in [-0.15, -0.1) is 0 Å². The van der Waals surface area contributed by atoms with Crippen molar-refractivity contribution in [3.63, 3.8) is 0 Å². The smallest absolute Gasteiger partial charge is 0.156 e. The summed E-state index contributed by atoms with van der Waals surface area (Å²) in [5, 5.41) is 4.29. The van der Waals surface area contributed by atoms with Gasteiger partial charge in [0.1, 0.15) is 4.60 Å². The molecule has 0 aliphatic heterocycles. The maximum Gasteiger partial charge on any atom is 0.156 e. The second-order valence-corrected chi connectivity index (χ2v) is 4.60. The largest absolute Gasteiger partial charge is 0.237 e. The number of rotatable bonds is 1. The summed E-state index contributed by atoms with van der Waals surface area (Å²) in [5.74, 6) is 0.717. The van der Waals surface area contributed by atoms with Gasteiger partial charge in [0.05, 0.1) is 0 Å². The molecule has 72 valence electrons. The summed E-state index contributed by atoms with van der Waals surface area (Å²) in [6.07, 6.45) is 8.03. The lowest BCUT2D eigenvalue weighted by molar-refractivity contribution is 0.417. The third-order valence-corrected chi connectivity index (χ3v) is 3.27. The normalized spacial score (nSPS) is 17.2. The summed E-state index contributed by atoms with van der Waals surface area (Å²) in [6.45, 7) is 0. The van der Waals surface area contributed by atoms with Crippen LogP contribution in [0, 0.1) is 0 Å². The van der Waals surface area contributed by atoms with Crippen LogP contribution in [-0.2, 0) is 0 Å². The third kappa shape index (κ3) is 1.25. The van der Waals surface area contributed by atoms with Crippen LogP contribution in [0.5, 0.6) is 0 Å². The van der Waals surface area contributed by atoms with Crippen LogP contribution in [0.2, 0.25) is 0 Å². The number of hydrogen-bond donors (Lipinski definition) is 0. The van der Waals surface area contributed by atoms with Crippen molar-refractivity contribution in [2.75, 3.05) is 0 Å². The second kappa shape index (κ2) is 3.05. The molecule has 2 aromatic rings. The van der Waals surface area contributed by atoms with Crippen molar-refractivity contribution in [3.8, 4) is 0 Å². The van der Waals surface area contributed by atoms with Crippen molar-refractivity contribution in [1.29, 1.82) is 0 Å². The summed E-state index contributed by atoms with van der Waals surface area (Å²) < 4.78 is 2.69. The van der Waals surface area contributed by atoms with Gasteiger partial charge in [0.25, 0.3) is 0 Å². The molecule has 3 rings (SSSR count). The van der Waals surface area contributed by atoms with E-state index in [2.05, 4.69) is 32.2 Å². The van der Waals surface area contributed by atoms with Crippen molar-refractivity contribution < 1.29 is 0 Å². The fourth-order valence-corrected chi connectivity index (χ4v) is 2.19. The van der Waals surface area contributed by atoms with E-state index in [1.54, 1.807) is 0 Å². The molecule has 4 heteroatoms. The first-order valence-electron chi connectivity index (χ1n) is 4.84. The van der Waals surface area contributed by atoms with Crippen LogP contribution in [0.1, 0.15) is 30.7 Å². The maximum atomic E-state index is 4.38. The fraction of sp³-hybridized carbons (Fsp3) is 0.400. The Morgan fingerprint density at radius 2 is 2.29 bits per heavy atom. The quantitative estimate of drug-likeness (QED) is 0.781. The second-order valence-electron chi connectivity index (χ2n) is 3.78. The van der Waals surface area contributed by atoms with Gasteiger partial charge in [-0.25, -0.2) is 9.50 Å². The summed E-state index contributed by atoms with van der Waals surface area (Å²) in [7, 11) is 0. The predicted molar refractivity (Wildman–Crippen MR) is 57.3 cm³/mol. The van der Waals surface area contributed by atoms with Gasteiger partial charge in [-0.2, -0.15) is 5.10 Å². The van der Waals surface area contributed by atoms with Crippen molar-refractivity contribution in [2.45, 2.75) is 25.2 Å². The maximum absolute atomic E-state index is 4.38. The molecule has 2 heterocycles. The Kier molecular flexibility index (Phi) is 1.83. The average molecular weight is 252 g/mol. The van der Waals surface area contributed by atoms with Crippen molar-refractivity contribution in [1.82, 2.24) is 14.6 Å². The SMILES string of the molecule is Brc1cc2ncc(C3CCC3)cn2n1. The Morgan fingerprint density at radius 3 is 3.00 bits per heavy atom.